The molecule has 0 unspecified atom stereocenters. The Labute approximate surface area is 86.4 Å². The van der Waals surface area contributed by atoms with E-state index in [1.54, 1.807) is 0 Å². The van der Waals surface area contributed by atoms with Gasteiger partial charge >= 0.3 is 0 Å². The highest BCUT2D eigenvalue weighted by molar-refractivity contribution is 5.85. The van der Waals surface area contributed by atoms with Crippen LogP contribution >= 0.6 is 0 Å². The summed E-state index contributed by atoms with van der Waals surface area (Å²) in [7, 11) is 0. The Morgan fingerprint density at radius 2 is 2.14 bits per heavy atom. The first-order valence-corrected chi connectivity index (χ1v) is 5.64. The average molecular weight is 198 g/mol. The molecular formula is C11H22N2O. The number of hydrogen-bond donors (Lipinski definition) is 2. The predicted molar refractivity (Wildman–Crippen MR) is 59.3 cm³/mol. The fourth-order valence-electron chi connectivity index (χ4n) is 2.13. The van der Waals surface area contributed by atoms with Gasteiger partial charge in [-0.25, -0.2) is 0 Å². The summed E-state index contributed by atoms with van der Waals surface area (Å²) in [5.74, 6) is 1.17. The molecule has 0 saturated heterocycles. The van der Waals surface area contributed by atoms with Crippen LogP contribution in [-0.4, -0.2) is 23.6 Å². The van der Waals surface area contributed by atoms with E-state index < -0.39 is 0 Å². The van der Waals surface area contributed by atoms with Crippen LogP contribution in [-0.2, 0) is 0 Å². The van der Waals surface area contributed by atoms with Crippen molar-refractivity contribution in [2.24, 2.45) is 22.6 Å². The molecule has 0 amide bonds. The summed E-state index contributed by atoms with van der Waals surface area (Å²) in [5.41, 5.74) is 5.76. The summed E-state index contributed by atoms with van der Waals surface area (Å²) >= 11 is 0. The summed E-state index contributed by atoms with van der Waals surface area (Å²) in [6, 6.07) is 0.346. The molecule has 1 heterocycles. The van der Waals surface area contributed by atoms with E-state index in [1.807, 2.05) is 0 Å². The van der Waals surface area contributed by atoms with Crippen molar-refractivity contribution in [3.63, 3.8) is 0 Å². The fraction of sp³-hybridized carbons (Fsp3) is 0.909. The Kier molecular flexibility index (Phi) is 4.39. The minimum atomic E-state index is 0.0987. The molecule has 3 nitrogen and oxygen atoms in total. The molecule has 82 valence electrons. The van der Waals surface area contributed by atoms with Crippen LogP contribution < -0.4 is 5.73 Å². The maximum absolute atomic E-state index is 9.14. The molecule has 0 bridgehead atoms. The number of unbranched alkanes of at least 4 members (excludes halogenated alkanes) is 2. The molecule has 3 N–H and O–H groups in total. The monoisotopic (exact) mass is 198 g/mol. The van der Waals surface area contributed by atoms with Gasteiger partial charge in [-0.3, -0.25) is 4.99 Å². The van der Waals surface area contributed by atoms with Crippen molar-refractivity contribution in [3.05, 3.63) is 0 Å². The maximum atomic E-state index is 9.14. The largest absolute Gasteiger partial charge is 0.396 e. The third-order valence-electron chi connectivity index (χ3n) is 3.24. The number of amidine groups is 1. The van der Waals surface area contributed by atoms with Crippen LogP contribution in [0.3, 0.4) is 0 Å². The van der Waals surface area contributed by atoms with E-state index in [2.05, 4.69) is 18.8 Å². The highest BCUT2D eigenvalue weighted by atomic mass is 16.3. The first kappa shape index (κ1) is 11.5. The van der Waals surface area contributed by atoms with Gasteiger partial charge in [0.2, 0.25) is 0 Å². The minimum Gasteiger partial charge on any atom is -0.396 e. The quantitative estimate of drug-likeness (QED) is 0.658. The van der Waals surface area contributed by atoms with Gasteiger partial charge in [0.1, 0.15) is 0 Å². The van der Waals surface area contributed by atoms with Crippen molar-refractivity contribution in [3.8, 4) is 0 Å². The second kappa shape index (κ2) is 5.35. The Morgan fingerprint density at radius 3 is 2.64 bits per heavy atom. The van der Waals surface area contributed by atoms with Gasteiger partial charge in [-0.05, 0) is 12.3 Å². The van der Waals surface area contributed by atoms with Gasteiger partial charge in [0.25, 0.3) is 0 Å². The van der Waals surface area contributed by atoms with Gasteiger partial charge in [0.05, 0.1) is 18.5 Å². The Bertz CT molecular complexity index is 203. The van der Waals surface area contributed by atoms with Crippen molar-refractivity contribution in [1.29, 1.82) is 0 Å². The van der Waals surface area contributed by atoms with Crippen molar-refractivity contribution >= 4 is 5.84 Å². The smallest absolute Gasteiger partial charge is 0.0998 e. The molecule has 0 aromatic carbocycles. The lowest BCUT2D eigenvalue weighted by Gasteiger charge is -2.17. The van der Waals surface area contributed by atoms with Crippen LogP contribution in [0.15, 0.2) is 4.99 Å². The summed E-state index contributed by atoms with van der Waals surface area (Å²) < 4.78 is 0. The molecule has 0 spiro atoms. The highest BCUT2D eigenvalue weighted by Gasteiger charge is 2.33. The Morgan fingerprint density at radius 1 is 1.43 bits per heavy atom. The number of hydrogen-bond acceptors (Lipinski definition) is 3. The molecule has 1 rings (SSSR count). The molecule has 0 aromatic heterocycles. The number of nitrogens with zero attached hydrogens (tertiary/aromatic N) is 1. The fourth-order valence-corrected chi connectivity index (χ4v) is 2.13. The van der Waals surface area contributed by atoms with Crippen LogP contribution in [0, 0.1) is 11.8 Å². The lowest BCUT2D eigenvalue weighted by atomic mass is 9.89. The summed E-state index contributed by atoms with van der Waals surface area (Å²) in [4.78, 5) is 4.43. The van der Waals surface area contributed by atoms with Crippen molar-refractivity contribution < 1.29 is 5.11 Å². The molecule has 14 heavy (non-hydrogen) atoms. The molecule has 3 heteroatoms. The molecule has 0 aromatic rings. The van der Waals surface area contributed by atoms with Crippen LogP contribution in [0.1, 0.15) is 39.5 Å². The van der Waals surface area contributed by atoms with Gasteiger partial charge in [-0.15, -0.1) is 0 Å². The molecule has 0 fully saturated rings. The Balaban J connectivity index is 2.40. The zero-order valence-electron chi connectivity index (χ0n) is 9.24. The summed E-state index contributed by atoms with van der Waals surface area (Å²) in [6.07, 6.45) is 4.85. The van der Waals surface area contributed by atoms with E-state index in [9.17, 15) is 0 Å². The molecule has 1 aliphatic heterocycles. The van der Waals surface area contributed by atoms with E-state index in [1.165, 1.54) is 19.3 Å². The number of nitrogens with two attached hydrogens (primary N) is 1. The Hall–Kier alpha value is -0.570. The standard InChI is InChI=1S/C11H22N2O/c1-3-4-5-6-10-8(2)9(7-14)11(12)13-10/h8-10,14H,3-7H2,1-2H3,(H2,12,13)/t8-,9+,10-/m0/s1. The van der Waals surface area contributed by atoms with E-state index >= 15 is 0 Å². The molecule has 0 radical (unpaired) electrons. The van der Waals surface area contributed by atoms with Crippen LogP contribution in [0.2, 0.25) is 0 Å². The second-order valence-electron chi connectivity index (χ2n) is 4.27. The van der Waals surface area contributed by atoms with Gasteiger partial charge < -0.3 is 10.8 Å². The van der Waals surface area contributed by atoms with Crippen LogP contribution in [0.4, 0.5) is 0 Å². The normalized spacial score (nSPS) is 31.9. The van der Waals surface area contributed by atoms with Gasteiger partial charge in [0, 0.05) is 5.92 Å². The average Bonchev–Trinajstić information content (AvgIpc) is 2.42. The van der Waals surface area contributed by atoms with Crippen molar-refractivity contribution in [1.82, 2.24) is 0 Å². The van der Waals surface area contributed by atoms with Crippen molar-refractivity contribution in [2.75, 3.05) is 6.61 Å². The van der Waals surface area contributed by atoms with E-state index in [0.29, 0.717) is 17.8 Å². The third kappa shape index (κ3) is 2.47. The zero-order valence-corrected chi connectivity index (χ0v) is 9.24. The third-order valence-corrected chi connectivity index (χ3v) is 3.24. The zero-order chi connectivity index (χ0) is 10.6. The number of aliphatic imine (C=N–C) groups is 1. The van der Waals surface area contributed by atoms with Gasteiger partial charge in [0.15, 0.2) is 0 Å². The van der Waals surface area contributed by atoms with E-state index in [4.69, 9.17) is 10.8 Å². The van der Waals surface area contributed by atoms with Crippen LogP contribution in [0.5, 0.6) is 0 Å². The number of aliphatic hydroxyl groups excluding tert-OH is 1. The summed E-state index contributed by atoms with van der Waals surface area (Å²) in [6.45, 7) is 4.48. The first-order chi connectivity index (χ1) is 6.70. The highest BCUT2D eigenvalue weighted by Crippen LogP contribution is 2.28. The summed E-state index contributed by atoms with van der Waals surface area (Å²) in [5, 5.41) is 9.14. The first-order valence-electron chi connectivity index (χ1n) is 5.64. The predicted octanol–water partition coefficient (Wildman–Crippen LogP) is 1.55. The molecular weight excluding hydrogens is 176 g/mol. The van der Waals surface area contributed by atoms with E-state index in [-0.39, 0.29) is 12.5 Å². The van der Waals surface area contributed by atoms with E-state index in [0.717, 1.165) is 6.42 Å². The maximum Gasteiger partial charge on any atom is 0.0998 e. The van der Waals surface area contributed by atoms with Gasteiger partial charge in [-0.2, -0.15) is 0 Å². The topological polar surface area (TPSA) is 58.6 Å². The molecule has 3 atom stereocenters. The minimum absolute atomic E-state index is 0.0987. The van der Waals surface area contributed by atoms with Crippen LogP contribution in [0.25, 0.3) is 0 Å². The number of rotatable bonds is 5. The second-order valence-corrected chi connectivity index (χ2v) is 4.27. The SMILES string of the molecule is CCCCC[C@@H]1N=C(N)[C@H](CO)[C@@H]1C. The molecule has 0 saturated carbocycles. The van der Waals surface area contributed by atoms with Gasteiger partial charge in [-0.1, -0.05) is 33.1 Å². The molecule has 0 aliphatic carbocycles. The lowest BCUT2D eigenvalue weighted by molar-refractivity contribution is 0.220. The number of aliphatic hydroxyl groups is 1. The molecule has 1 aliphatic rings. The lowest BCUT2D eigenvalue weighted by Crippen LogP contribution is -2.28. The van der Waals surface area contributed by atoms with Crippen molar-refractivity contribution in [2.45, 2.75) is 45.6 Å².